The van der Waals surface area contributed by atoms with Crippen molar-refractivity contribution in [3.8, 4) is 6.07 Å². The number of hydrogen-bond donors (Lipinski definition) is 2. The smallest absolute Gasteiger partial charge is 0.237 e. The highest BCUT2D eigenvalue weighted by molar-refractivity contribution is 7.98. The van der Waals surface area contributed by atoms with E-state index in [1.165, 1.54) is 0 Å². The number of rotatable bonds is 6. The molecule has 0 aliphatic carbocycles. The van der Waals surface area contributed by atoms with Gasteiger partial charge < -0.3 is 11.1 Å². The third-order valence-corrected chi connectivity index (χ3v) is 3.51. The number of carbonyl (C=O) groups excluding carboxylic acids is 1. The van der Waals surface area contributed by atoms with E-state index in [2.05, 4.69) is 11.4 Å². The normalized spacial score (nSPS) is 13.4. The van der Waals surface area contributed by atoms with Gasteiger partial charge in [0.25, 0.3) is 0 Å². The zero-order valence-electron chi connectivity index (χ0n) is 11.2. The molecule has 0 aliphatic heterocycles. The molecule has 0 radical (unpaired) electrons. The molecule has 1 amide bonds. The lowest BCUT2D eigenvalue weighted by atomic mass is 10.1. The van der Waals surface area contributed by atoms with Gasteiger partial charge in [-0.3, -0.25) is 4.79 Å². The second-order valence-electron chi connectivity index (χ2n) is 4.35. The second-order valence-corrected chi connectivity index (χ2v) is 5.34. The van der Waals surface area contributed by atoms with Crippen molar-refractivity contribution in [3.05, 3.63) is 35.4 Å². The number of nitrogens with one attached hydrogen (secondary N) is 1. The molecule has 1 unspecified atom stereocenters. The minimum atomic E-state index is -0.465. The first-order valence-corrected chi connectivity index (χ1v) is 7.52. The van der Waals surface area contributed by atoms with Crippen LogP contribution in [0.2, 0.25) is 0 Å². The first-order valence-electron chi connectivity index (χ1n) is 6.13. The van der Waals surface area contributed by atoms with Crippen LogP contribution in [-0.4, -0.2) is 24.0 Å². The molecule has 1 aromatic carbocycles. The van der Waals surface area contributed by atoms with Gasteiger partial charge in [-0.1, -0.05) is 12.1 Å². The summed E-state index contributed by atoms with van der Waals surface area (Å²) in [6, 6.07) is 8.66. The average Bonchev–Trinajstić information content (AvgIpc) is 2.44. The summed E-state index contributed by atoms with van der Waals surface area (Å²) in [5.41, 5.74) is 7.38. The molecule has 0 saturated carbocycles. The van der Waals surface area contributed by atoms with Gasteiger partial charge in [0.05, 0.1) is 23.7 Å². The van der Waals surface area contributed by atoms with Crippen LogP contribution >= 0.6 is 11.8 Å². The van der Waals surface area contributed by atoms with Crippen molar-refractivity contribution in [2.45, 2.75) is 25.4 Å². The maximum Gasteiger partial charge on any atom is 0.237 e. The van der Waals surface area contributed by atoms with E-state index in [0.717, 1.165) is 11.3 Å². The molecule has 1 aromatic rings. The van der Waals surface area contributed by atoms with Gasteiger partial charge in [0.1, 0.15) is 0 Å². The van der Waals surface area contributed by atoms with E-state index < -0.39 is 6.04 Å². The number of amides is 1. The van der Waals surface area contributed by atoms with E-state index in [0.29, 0.717) is 12.0 Å². The number of nitrogens with zero attached hydrogens (tertiary/aromatic N) is 1. The standard InChI is InChI=1S/C14H19N3OS/c1-10(12-5-3-11(9-15)4-6-12)17-14(18)13(16)7-8-19-2/h3-6,10,13H,7-8,16H2,1-2H3,(H,17,18)/t10?,13-/m1/s1. The summed E-state index contributed by atoms with van der Waals surface area (Å²) < 4.78 is 0. The number of thioether (sulfide) groups is 1. The van der Waals surface area contributed by atoms with Crippen LogP contribution in [0.25, 0.3) is 0 Å². The average molecular weight is 277 g/mol. The molecular formula is C14H19N3OS. The van der Waals surface area contributed by atoms with E-state index >= 15 is 0 Å². The van der Waals surface area contributed by atoms with Crippen LogP contribution in [0.3, 0.4) is 0 Å². The quantitative estimate of drug-likeness (QED) is 0.831. The Kier molecular flexibility index (Phi) is 6.40. The summed E-state index contributed by atoms with van der Waals surface area (Å²) in [5, 5.41) is 11.6. The Bertz CT molecular complexity index is 453. The van der Waals surface area contributed by atoms with Crippen molar-refractivity contribution in [3.63, 3.8) is 0 Å². The number of nitrogens with two attached hydrogens (primary N) is 1. The Morgan fingerprint density at radius 1 is 1.47 bits per heavy atom. The monoisotopic (exact) mass is 277 g/mol. The maximum absolute atomic E-state index is 11.9. The second kappa shape index (κ2) is 7.82. The summed E-state index contributed by atoms with van der Waals surface area (Å²) in [6.45, 7) is 1.90. The highest BCUT2D eigenvalue weighted by Gasteiger charge is 2.16. The lowest BCUT2D eigenvalue weighted by Gasteiger charge is -2.17. The zero-order valence-corrected chi connectivity index (χ0v) is 12.0. The Morgan fingerprint density at radius 2 is 2.11 bits per heavy atom. The van der Waals surface area contributed by atoms with Gasteiger partial charge in [-0.25, -0.2) is 0 Å². The molecule has 0 bridgehead atoms. The van der Waals surface area contributed by atoms with E-state index in [1.54, 1.807) is 23.9 Å². The van der Waals surface area contributed by atoms with E-state index in [-0.39, 0.29) is 11.9 Å². The largest absolute Gasteiger partial charge is 0.348 e. The fraction of sp³-hybridized carbons (Fsp3) is 0.429. The van der Waals surface area contributed by atoms with Crippen LogP contribution < -0.4 is 11.1 Å². The molecular weight excluding hydrogens is 258 g/mol. The van der Waals surface area contributed by atoms with Gasteiger partial charge in [-0.05, 0) is 43.0 Å². The van der Waals surface area contributed by atoms with Gasteiger partial charge in [0, 0.05) is 0 Å². The Hall–Kier alpha value is -1.51. The molecule has 0 saturated heterocycles. The summed E-state index contributed by atoms with van der Waals surface area (Å²) in [6.07, 6.45) is 2.66. The van der Waals surface area contributed by atoms with Crippen molar-refractivity contribution < 1.29 is 4.79 Å². The summed E-state index contributed by atoms with van der Waals surface area (Å²) in [4.78, 5) is 11.9. The van der Waals surface area contributed by atoms with Crippen LogP contribution in [0.1, 0.15) is 30.5 Å². The third-order valence-electron chi connectivity index (χ3n) is 2.87. The molecule has 102 valence electrons. The topological polar surface area (TPSA) is 78.9 Å². The molecule has 0 fully saturated rings. The fourth-order valence-electron chi connectivity index (χ4n) is 1.63. The van der Waals surface area contributed by atoms with Gasteiger partial charge >= 0.3 is 0 Å². The lowest BCUT2D eigenvalue weighted by molar-refractivity contribution is -0.123. The van der Waals surface area contributed by atoms with Crippen molar-refractivity contribution in [1.29, 1.82) is 5.26 Å². The van der Waals surface area contributed by atoms with Crippen LogP contribution in [-0.2, 0) is 4.79 Å². The Labute approximate surface area is 118 Å². The van der Waals surface area contributed by atoms with Crippen LogP contribution in [0.5, 0.6) is 0 Å². The molecule has 0 aliphatic rings. The molecule has 19 heavy (non-hydrogen) atoms. The van der Waals surface area contributed by atoms with Crippen molar-refractivity contribution in [2.75, 3.05) is 12.0 Å². The lowest BCUT2D eigenvalue weighted by Crippen LogP contribution is -2.41. The highest BCUT2D eigenvalue weighted by Crippen LogP contribution is 2.13. The van der Waals surface area contributed by atoms with Crippen LogP contribution in [0, 0.1) is 11.3 Å². The summed E-state index contributed by atoms with van der Waals surface area (Å²) in [7, 11) is 0. The summed E-state index contributed by atoms with van der Waals surface area (Å²) >= 11 is 1.68. The van der Waals surface area contributed by atoms with E-state index in [9.17, 15) is 4.79 Å². The first kappa shape index (κ1) is 15.5. The van der Waals surface area contributed by atoms with E-state index in [1.807, 2.05) is 25.3 Å². The van der Waals surface area contributed by atoms with Gasteiger partial charge in [0.15, 0.2) is 0 Å². The third kappa shape index (κ3) is 4.93. The fourth-order valence-corrected chi connectivity index (χ4v) is 2.12. The number of benzene rings is 1. The molecule has 3 N–H and O–H groups in total. The Morgan fingerprint density at radius 3 is 2.63 bits per heavy atom. The number of nitriles is 1. The van der Waals surface area contributed by atoms with Gasteiger partial charge in [0.2, 0.25) is 5.91 Å². The van der Waals surface area contributed by atoms with Crippen molar-refractivity contribution in [1.82, 2.24) is 5.32 Å². The molecule has 0 heterocycles. The maximum atomic E-state index is 11.9. The van der Waals surface area contributed by atoms with Crippen molar-refractivity contribution >= 4 is 17.7 Å². The molecule has 0 aromatic heterocycles. The summed E-state index contributed by atoms with van der Waals surface area (Å²) in [5.74, 6) is 0.741. The molecule has 0 spiro atoms. The SMILES string of the molecule is CSCC[C@@H](N)C(=O)NC(C)c1ccc(C#N)cc1. The zero-order chi connectivity index (χ0) is 14.3. The molecule has 2 atom stereocenters. The molecule has 5 heteroatoms. The van der Waals surface area contributed by atoms with Gasteiger partial charge in [-0.15, -0.1) is 0 Å². The minimum absolute atomic E-state index is 0.111. The number of carbonyl (C=O) groups is 1. The predicted molar refractivity (Wildman–Crippen MR) is 78.7 cm³/mol. The van der Waals surface area contributed by atoms with Gasteiger partial charge in [-0.2, -0.15) is 17.0 Å². The minimum Gasteiger partial charge on any atom is -0.348 e. The first-order chi connectivity index (χ1) is 9.08. The van der Waals surface area contributed by atoms with Crippen LogP contribution in [0.4, 0.5) is 0 Å². The van der Waals surface area contributed by atoms with Crippen molar-refractivity contribution in [2.24, 2.45) is 5.73 Å². The van der Waals surface area contributed by atoms with Crippen LogP contribution in [0.15, 0.2) is 24.3 Å². The number of hydrogen-bond acceptors (Lipinski definition) is 4. The Balaban J connectivity index is 2.56. The predicted octanol–water partition coefficient (Wildman–Crippen LogP) is 1.82. The van der Waals surface area contributed by atoms with E-state index in [4.69, 9.17) is 11.0 Å². The molecule has 4 nitrogen and oxygen atoms in total. The highest BCUT2D eigenvalue weighted by atomic mass is 32.2. The molecule has 1 rings (SSSR count).